The summed E-state index contributed by atoms with van der Waals surface area (Å²) in [7, 11) is 1.11. The van der Waals surface area contributed by atoms with Crippen molar-refractivity contribution in [2.45, 2.75) is 4.90 Å². The zero-order valence-electron chi connectivity index (χ0n) is 6.53. The van der Waals surface area contributed by atoms with Gasteiger partial charge in [0, 0.05) is 14.3 Å². The van der Waals surface area contributed by atoms with Crippen molar-refractivity contribution >= 4 is 42.3 Å². The van der Waals surface area contributed by atoms with Crippen LogP contribution in [0.2, 0.25) is 0 Å². The normalized spacial score (nSPS) is 10.9. The Hall–Kier alpha value is -0.520. The van der Waals surface area contributed by atoms with E-state index in [9.17, 15) is 13.5 Å². The molecule has 4 nitrogen and oxygen atoms in total. The predicted molar refractivity (Wildman–Crippen MR) is 58.6 cm³/mol. The van der Waals surface area contributed by atoms with Crippen LogP contribution in [0.5, 0.6) is 5.75 Å². The highest BCUT2D eigenvalue weighted by molar-refractivity contribution is 14.1. The van der Waals surface area contributed by atoms with Crippen molar-refractivity contribution in [3.63, 3.8) is 0 Å². The van der Waals surface area contributed by atoms with E-state index < -0.39 is 14.8 Å². The van der Waals surface area contributed by atoms with E-state index in [1.807, 2.05) is 0 Å². The number of phenols is 1. The molecule has 1 rings (SSSR count). The van der Waals surface area contributed by atoms with E-state index in [0.717, 1.165) is 6.07 Å². The monoisotopic (exact) mass is 343 g/mol. The van der Waals surface area contributed by atoms with Crippen LogP contribution in [0.25, 0.3) is 0 Å². The van der Waals surface area contributed by atoms with Crippen molar-refractivity contribution in [1.82, 2.24) is 0 Å². The van der Waals surface area contributed by atoms with Crippen LogP contribution in [0.4, 0.5) is 0 Å². The number of nitriles is 1. The standard InChI is InChI=1S/C7H3ClINO3S/c8-14(12,13)7-5(9)1-4(3-10)2-6(7)11/h1-2,11H. The van der Waals surface area contributed by atoms with Gasteiger partial charge in [0.25, 0.3) is 9.05 Å². The molecule has 0 unspecified atom stereocenters. The zero-order valence-corrected chi connectivity index (χ0v) is 10.3. The minimum Gasteiger partial charge on any atom is -0.506 e. The van der Waals surface area contributed by atoms with Crippen LogP contribution in [-0.4, -0.2) is 13.5 Å². The molecule has 0 radical (unpaired) electrons. The Kier molecular flexibility index (Phi) is 3.24. The lowest BCUT2D eigenvalue weighted by Gasteiger charge is -2.03. The molecule has 14 heavy (non-hydrogen) atoms. The molecule has 0 saturated heterocycles. The average molecular weight is 344 g/mol. The van der Waals surface area contributed by atoms with E-state index >= 15 is 0 Å². The summed E-state index contributed by atoms with van der Waals surface area (Å²) in [4.78, 5) is -0.362. The van der Waals surface area contributed by atoms with Crippen LogP contribution in [0.3, 0.4) is 0 Å². The van der Waals surface area contributed by atoms with Crippen molar-refractivity contribution in [2.75, 3.05) is 0 Å². The summed E-state index contributed by atoms with van der Waals surface area (Å²) in [5, 5.41) is 17.9. The molecule has 0 aromatic heterocycles. The van der Waals surface area contributed by atoms with Gasteiger partial charge in [-0.05, 0) is 34.7 Å². The topological polar surface area (TPSA) is 78.2 Å². The molecular weight excluding hydrogens is 341 g/mol. The van der Waals surface area contributed by atoms with Gasteiger partial charge >= 0.3 is 0 Å². The number of benzene rings is 1. The molecule has 0 aliphatic heterocycles. The Morgan fingerprint density at radius 2 is 2.07 bits per heavy atom. The Balaban J connectivity index is 3.59. The first-order valence-corrected chi connectivity index (χ1v) is 6.62. The van der Waals surface area contributed by atoms with Gasteiger partial charge in [0.2, 0.25) is 0 Å². The lowest BCUT2D eigenvalue weighted by atomic mass is 10.2. The molecule has 0 aliphatic carbocycles. The van der Waals surface area contributed by atoms with Crippen LogP contribution in [0.15, 0.2) is 17.0 Å². The summed E-state index contributed by atoms with van der Waals surface area (Å²) in [6, 6.07) is 4.17. The second kappa shape index (κ2) is 3.92. The fraction of sp³-hybridized carbons (Fsp3) is 0. The smallest absolute Gasteiger partial charge is 0.266 e. The van der Waals surface area contributed by atoms with E-state index in [4.69, 9.17) is 15.9 Å². The maximum Gasteiger partial charge on any atom is 0.266 e. The fourth-order valence-electron chi connectivity index (χ4n) is 0.885. The van der Waals surface area contributed by atoms with Gasteiger partial charge in [-0.1, -0.05) is 0 Å². The van der Waals surface area contributed by atoms with Gasteiger partial charge in [-0.15, -0.1) is 0 Å². The maximum absolute atomic E-state index is 11.0. The number of hydrogen-bond acceptors (Lipinski definition) is 4. The summed E-state index contributed by atoms with van der Waals surface area (Å²) in [6.07, 6.45) is 0. The highest BCUT2D eigenvalue weighted by Crippen LogP contribution is 2.31. The summed E-state index contributed by atoms with van der Waals surface area (Å²) in [5.41, 5.74) is 0.177. The van der Waals surface area contributed by atoms with Gasteiger partial charge in [0.15, 0.2) is 0 Å². The van der Waals surface area contributed by atoms with Gasteiger partial charge in [0.05, 0.1) is 11.6 Å². The van der Waals surface area contributed by atoms with E-state index in [-0.39, 0.29) is 14.0 Å². The molecule has 0 spiro atoms. The summed E-state index contributed by atoms with van der Waals surface area (Å²) >= 11 is 1.69. The molecule has 0 atom stereocenters. The first-order chi connectivity index (χ1) is 6.36. The van der Waals surface area contributed by atoms with Crippen LogP contribution in [0.1, 0.15) is 5.56 Å². The summed E-state index contributed by atoms with van der Waals surface area (Å²) in [5.74, 6) is -0.511. The van der Waals surface area contributed by atoms with Crippen molar-refractivity contribution in [3.8, 4) is 11.8 Å². The molecule has 0 heterocycles. The molecule has 0 aliphatic rings. The Morgan fingerprint density at radius 1 is 1.50 bits per heavy atom. The van der Waals surface area contributed by atoms with E-state index in [0.29, 0.717) is 0 Å². The zero-order chi connectivity index (χ0) is 10.9. The molecule has 1 aromatic carbocycles. The van der Waals surface area contributed by atoms with Gasteiger partial charge in [-0.25, -0.2) is 8.42 Å². The van der Waals surface area contributed by atoms with E-state index in [1.165, 1.54) is 6.07 Å². The van der Waals surface area contributed by atoms with Crippen molar-refractivity contribution in [3.05, 3.63) is 21.3 Å². The quantitative estimate of drug-likeness (QED) is 0.623. The predicted octanol–water partition coefficient (Wildman–Crippen LogP) is 1.80. The molecule has 7 heteroatoms. The maximum atomic E-state index is 11.0. The molecule has 0 fully saturated rings. The molecule has 74 valence electrons. The number of aromatic hydroxyl groups is 1. The number of halogens is 2. The molecule has 0 amide bonds. The van der Waals surface area contributed by atoms with E-state index in [2.05, 4.69) is 0 Å². The summed E-state index contributed by atoms with van der Waals surface area (Å²) in [6.45, 7) is 0. The largest absolute Gasteiger partial charge is 0.506 e. The minimum absolute atomic E-state index is 0.177. The van der Waals surface area contributed by atoms with Gasteiger partial charge in [0.1, 0.15) is 10.6 Å². The molecule has 0 saturated carbocycles. The van der Waals surface area contributed by atoms with Crippen molar-refractivity contribution in [1.29, 1.82) is 5.26 Å². The Morgan fingerprint density at radius 3 is 2.43 bits per heavy atom. The van der Waals surface area contributed by atoms with Crippen LogP contribution in [0, 0.1) is 14.9 Å². The van der Waals surface area contributed by atoms with Crippen LogP contribution >= 0.6 is 33.3 Å². The van der Waals surface area contributed by atoms with Crippen LogP contribution in [-0.2, 0) is 9.05 Å². The third-order valence-corrected chi connectivity index (χ3v) is 3.99. The number of phenolic OH excluding ortho intramolecular Hbond substituents is 1. The average Bonchev–Trinajstić information content (AvgIpc) is 1.99. The molecule has 0 bridgehead atoms. The highest BCUT2D eigenvalue weighted by Gasteiger charge is 2.20. The first-order valence-electron chi connectivity index (χ1n) is 3.23. The lowest BCUT2D eigenvalue weighted by molar-refractivity contribution is 0.458. The SMILES string of the molecule is N#Cc1cc(O)c(S(=O)(=O)Cl)c(I)c1. The molecule has 1 N–H and O–H groups in total. The minimum atomic E-state index is -3.98. The van der Waals surface area contributed by atoms with E-state index in [1.54, 1.807) is 28.7 Å². The van der Waals surface area contributed by atoms with Gasteiger partial charge < -0.3 is 5.11 Å². The summed E-state index contributed by atoms with van der Waals surface area (Å²) < 4.78 is 22.2. The Bertz CT molecular complexity index is 497. The first kappa shape index (κ1) is 11.6. The molecular formula is C7H3ClINO3S. The highest BCUT2D eigenvalue weighted by atomic mass is 127. The molecule has 1 aromatic rings. The van der Waals surface area contributed by atoms with Gasteiger partial charge in [-0.3, -0.25) is 0 Å². The van der Waals surface area contributed by atoms with Crippen LogP contribution < -0.4 is 0 Å². The fourth-order valence-corrected chi connectivity index (χ4v) is 3.84. The number of nitrogens with zero attached hydrogens (tertiary/aromatic N) is 1. The Labute approximate surface area is 98.7 Å². The number of hydrogen-bond donors (Lipinski definition) is 1. The third-order valence-electron chi connectivity index (χ3n) is 1.40. The second-order valence-corrected chi connectivity index (χ2v) is 6.02. The van der Waals surface area contributed by atoms with Crippen molar-refractivity contribution < 1.29 is 13.5 Å². The number of rotatable bonds is 1. The lowest BCUT2D eigenvalue weighted by Crippen LogP contribution is -1.96. The third kappa shape index (κ3) is 2.29. The van der Waals surface area contributed by atoms with Gasteiger partial charge in [-0.2, -0.15) is 5.26 Å². The van der Waals surface area contributed by atoms with Crippen molar-refractivity contribution in [2.24, 2.45) is 0 Å². The second-order valence-electron chi connectivity index (χ2n) is 2.36.